The van der Waals surface area contributed by atoms with Gasteiger partial charge in [0.25, 0.3) is 0 Å². The van der Waals surface area contributed by atoms with E-state index in [4.69, 9.17) is 0 Å². The van der Waals surface area contributed by atoms with Crippen LogP contribution in [-0.4, -0.2) is 18.5 Å². The summed E-state index contributed by atoms with van der Waals surface area (Å²) in [6, 6.07) is 10.5. The minimum atomic E-state index is -1.89. The zero-order valence-corrected chi connectivity index (χ0v) is 18.2. The Morgan fingerprint density at radius 2 is 1.27 bits per heavy atom. The molecule has 0 atom stereocenters. The first kappa shape index (κ1) is 23.2. The van der Waals surface area contributed by atoms with Crippen LogP contribution in [0.5, 0.6) is 0 Å². The standard InChI is InChI=1S/C24H41OP/c1-3-5-15-21-26(25,22-16-6-4-2)23-17-10-8-7-9-12-18-24-19-13-11-14-20-24/h11-14,18-20H,3-10,15-17,21-23H2,1-2H3. The molecule has 0 spiro atoms. The molecule has 0 amide bonds. The molecule has 2 heteroatoms. The lowest BCUT2D eigenvalue weighted by Crippen LogP contribution is -2.01. The summed E-state index contributed by atoms with van der Waals surface area (Å²) in [4.78, 5) is 0. The molecular formula is C24H41OP. The Morgan fingerprint density at radius 3 is 1.85 bits per heavy atom. The number of unbranched alkanes of at least 4 members (excludes halogenated alkanes) is 8. The molecule has 1 nitrogen and oxygen atoms in total. The van der Waals surface area contributed by atoms with Gasteiger partial charge >= 0.3 is 0 Å². The highest BCUT2D eigenvalue weighted by molar-refractivity contribution is 7.63. The molecule has 0 aromatic heterocycles. The number of rotatable bonds is 16. The van der Waals surface area contributed by atoms with E-state index >= 15 is 0 Å². The van der Waals surface area contributed by atoms with Crippen LogP contribution in [0.3, 0.4) is 0 Å². The maximum atomic E-state index is 13.2. The molecule has 1 aromatic rings. The van der Waals surface area contributed by atoms with Crippen LogP contribution < -0.4 is 0 Å². The minimum absolute atomic E-state index is 1.00. The molecule has 0 fully saturated rings. The fourth-order valence-electron chi connectivity index (χ4n) is 3.43. The lowest BCUT2D eigenvalue weighted by molar-refractivity contribution is 0.562. The Kier molecular flexibility index (Phi) is 13.6. The van der Waals surface area contributed by atoms with Gasteiger partial charge < -0.3 is 4.57 Å². The molecule has 0 heterocycles. The van der Waals surface area contributed by atoms with E-state index in [9.17, 15) is 4.57 Å². The number of allylic oxidation sites excluding steroid dienone is 1. The van der Waals surface area contributed by atoms with Crippen LogP contribution in [0.15, 0.2) is 36.4 Å². The van der Waals surface area contributed by atoms with Gasteiger partial charge in [-0.25, -0.2) is 0 Å². The molecule has 0 saturated heterocycles. The summed E-state index contributed by atoms with van der Waals surface area (Å²) in [5.74, 6) is 0. The largest absolute Gasteiger partial charge is 0.324 e. The zero-order valence-electron chi connectivity index (χ0n) is 17.3. The summed E-state index contributed by atoms with van der Waals surface area (Å²) < 4.78 is 13.2. The molecule has 0 bridgehead atoms. The van der Waals surface area contributed by atoms with E-state index < -0.39 is 7.14 Å². The van der Waals surface area contributed by atoms with Crippen molar-refractivity contribution in [1.82, 2.24) is 0 Å². The normalized spacial score (nSPS) is 12.1. The smallest absolute Gasteiger partial charge is 0.0877 e. The first-order valence-corrected chi connectivity index (χ1v) is 13.2. The second kappa shape index (κ2) is 15.3. The molecule has 0 N–H and O–H groups in total. The molecule has 1 rings (SSSR count). The number of hydrogen-bond acceptors (Lipinski definition) is 1. The van der Waals surface area contributed by atoms with Crippen molar-refractivity contribution < 1.29 is 4.57 Å². The van der Waals surface area contributed by atoms with Gasteiger partial charge in [-0.15, -0.1) is 0 Å². The van der Waals surface area contributed by atoms with Crippen molar-refractivity contribution in [2.75, 3.05) is 18.5 Å². The third kappa shape index (κ3) is 11.7. The third-order valence-corrected chi connectivity index (χ3v) is 8.53. The first-order chi connectivity index (χ1) is 12.7. The van der Waals surface area contributed by atoms with Crippen LogP contribution in [-0.2, 0) is 4.57 Å². The molecule has 0 aliphatic carbocycles. The molecule has 26 heavy (non-hydrogen) atoms. The Labute approximate surface area is 163 Å². The molecule has 0 radical (unpaired) electrons. The lowest BCUT2D eigenvalue weighted by Gasteiger charge is -2.18. The summed E-state index contributed by atoms with van der Waals surface area (Å²) in [6.45, 7) is 4.46. The van der Waals surface area contributed by atoms with Gasteiger partial charge in [-0.3, -0.25) is 0 Å². The first-order valence-electron chi connectivity index (χ1n) is 11.0. The zero-order chi connectivity index (χ0) is 18.9. The van der Waals surface area contributed by atoms with Crippen molar-refractivity contribution in [3.05, 3.63) is 42.0 Å². The summed E-state index contributed by atoms with van der Waals surface area (Å²) >= 11 is 0. The quantitative estimate of drug-likeness (QED) is 0.209. The average Bonchev–Trinajstić information content (AvgIpc) is 2.65. The third-order valence-electron chi connectivity index (χ3n) is 5.13. The van der Waals surface area contributed by atoms with Crippen molar-refractivity contribution in [3.8, 4) is 0 Å². The summed E-state index contributed by atoms with van der Waals surface area (Å²) in [5.41, 5.74) is 1.28. The van der Waals surface area contributed by atoms with Crippen LogP contribution in [0.2, 0.25) is 0 Å². The van der Waals surface area contributed by atoms with Gasteiger partial charge in [0.15, 0.2) is 0 Å². The second-order valence-electron chi connectivity index (χ2n) is 7.66. The van der Waals surface area contributed by atoms with Gasteiger partial charge in [0.2, 0.25) is 0 Å². The van der Waals surface area contributed by atoms with Gasteiger partial charge in [-0.1, -0.05) is 94.9 Å². The van der Waals surface area contributed by atoms with E-state index in [-0.39, 0.29) is 0 Å². The van der Waals surface area contributed by atoms with Crippen molar-refractivity contribution in [1.29, 1.82) is 0 Å². The molecule has 0 unspecified atom stereocenters. The highest BCUT2D eigenvalue weighted by Crippen LogP contribution is 2.48. The number of hydrogen-bond donors (Lipinski definition) is 0. The Morgan fingerprint density at radius 1 is 0.731 bits per heavy atom. The fraction of sp³-hybridized carbons (Fsp3) is 0.667. The average molecular weight is 377 g/mol. The van der Waals surface area contributed by atoms with Gasteiger partial charge in [-0.05, 0) is 37.7 Å². The SMILES string of the molecule is CCCCCP(=O)(CCCCC)CCCCCCC=Cc1ccccc1. The maximum Gasteiger partial charge on any atom is 0.0877 e. The lowest BCUT2D eigenvalue weighted by atomic mass is 10.1. The predicted molar refractivity (Wildman–Crippen MR) is 120 cm³/mol. The summed E-state index contributed by atoms with van der Waals surface area (Å²) in [6.07, 6.45) is 20.9. The minimum Gasteiger partial charge on any atom is -0.324 e. The highest BCUT2D eigenvalue weighted by atomic mass is 31.2. The van der Waals surface area contributed by atoms with E-state index in [0.717, 1.165) is 31.3 Å². The molecule has 0 aliphatic heterocycles. The number of benzene rings is 1. The fourth-order valence-corrected chi connectivity index (χ4v) is 6.51. The van der Waals surface area contributed by atoms with Gasteiger partial charge in [0, 0.05) is 18.5 Å². The molecule has 0 aliphatic rings. The Bertz CT molecular complexity index is 492. The van der Waals surface area contributed by atoms with Crippen LogP contribution in [0.1, 0.15) is 90.0 Å². The van der Waals surface area contributed by atoms with Crippen LogP contribution in [0.4, 0.5) is 0 Å². The van der Waals surface area contributed by atoms with Crippen LogP contribution >= 0.6 is 7.14 Å². The Hall–Kier alpha value is -0.810. The van der Waals surface area contributed by atoms with Crippen molar-refractivity contribution in [2.24, 2.45) is 0 Å². The van der Waals surface area contributed by atoms with E-state index in [1.165, 1.54) is 63.4 Å². The topological polar surface area (TPSA) is 17.1 Å². The van der Waals surface area contributed by atoms with Gasteiger partial charge in [-0.2, -0.15) is 0 Å². The molecular weight excluding hydrogens is 335 g/mol. The van der Waals surface area contributed by atoms with Crippen LogP contribution in [0.25, 0.3) is 6.08 Å². The maximum absolute atomic E-state index is 13.2. The summed E-state index contributed by atoms with van der Waals surface area (Å²) in [7, 11) is -1.89. The highest BCUT2D eigenvalue weighted by Gasteiger charge is 2.20. The van der Waals surface area contributed by atoms with E-state index in [1.807, 2.05) is 0 Å². The second-order valence-corrected chi connectivity index (χ2v) is 11.1. The summed E-state index contributed by atoms with van der Waals surface area (Å²) in [5, 5.41) is 0. The molecule has 148 valence electrons. The van der Waals surface area contributed by atoms with Crippen LogP contribution in [0, 0.1) is 0 Å². The van der Waals surface area contributed by atoms with Gasteiger partial charge in [0.1, 0.15) is 0 Å². The van der Waals surface area contributed by atoms with E-state index in [1.54, 1.807) is 0 Å². The van der Waals surface area contributed by atoms with Crippen molar-refractivity contribution in [3.63, 3.8) is 0 Å². The predicted octanol–water partition coefficient (Wildman–Crippen LogP) is 8.39. The van der Waals surface area contributed by atoms with Gasteiger partial charge in [0.05, 0.1) is 7.14 Å². The van der Waals surface area contributed by atoms with Crippen molar-refractivity contribution >= 4 is 13.2 Å². The molecule has 0 saturated carbocycles. The van der Waals surface area contributed by atoms with E-state index in [2.05, 4.69) is 56.3 Å². The molecule has 1 aromatic carbocycles. The van der Waals surface area contributed by atoms with E-state index in [0.29, 0.717) is 0 Å². The van der Waals surface area contributed by atoms with Crippen molar-refractivity contribution in [2.45, 2.75) is 84.5 Å². The monoisotopic (exact) mass is 376 g/mol. The Balaban J connectivity index is 2.18.